The van der Waals surface area contributed by atoms with Gasteiger partial charge in [-0.15, -0.1) is 0 Å². The van der Waals surface area contributed by atoms with Gasteiger partial charge in [-0.1, -0.05) is 32.0 Å². The third-order valence-electron chi connectivity index (χ3n) is 2.39. The van der Waals surface area contributed by atoms with E-state index in [4.69, 9.17) is 4.74 Å². The molecule has 0 bridgehead atoms. The maximum atomic E-state index is 11.9. The van der Waals surface area contributed by atoms with Crippen LogP contribution in [0.25, 0.3) is 0 Å². The van der Waals surface area contributed by atoms with E-state index in [0.717, 1.165) is 52.2 Å². The Hall–Kier alpha value is -0.970. The summed E-state index contributed by atoms with van der Waals surface area (Å²) in [4.78, 5) is 0. The van der Waals surface area contributed by atoms with Crippen molar-refractivity contribution >= 4 is 0 Å². The van der Waals surface area contributed by atoms with E-state index >= 15 is 0 Å². The van der Waals surface area contributed by atoms with Gasteiger partial charge in [-0.05, 0) is 25.0 Å². The minimum atomic E-state index is -0.178. The molecule has 0 unspecified atom stereocenters. The van der Waals surface area contributed by atoms with E-state index in [2.05, 4.69) is 24.5 Å². The van der Waals surface area contributed by atoms with Gasteiger partial charge >= 0.3 is 0 Å². The second-order valence-corrected chi connectivity index (χ2v) is 4.41. The second kappa shape index (κ2) is 16.1. The Morgan fingerprint density at radius 3 is 1.60 bits per heavy atom. The molecule has 0 spiro atoms. The van der Waals surface area contributed by atoms with Gasteiger partial charge in [0.25, 0.3) is 0 Å². The molecule has 2 rings (SSSR count). The highest BCUT2D eigenvalue weighted by molar-refractivity contribution is 5.02. The summed E-state index contributed by atoms with van der Waals surface area (Å²) in [7, 11) is 0. The van der Waals surface area contributed by atoms with Gasteiger partial charge in [0.05, 0.1) is 0 Å². The molecule has 2 N–H and O–H groups in total. The molecular formula is C16H29FN2O. The number of piperazine rings is 1. The van der Waals surface area contributed by atoms with Gasteiger partial charge in [0.15, 0.2) is 0 Å². The number of benzene rings is 1. The fraction of sp³-hybridized carbons (Fsp3) is 0.625. The van der Waals surface area contributed by atoms with E-state index in [1.54, 1.807) is 18.2 Å². The van der Waals surface area contributed by atoms with Crippen LogP contribution in [0.4, 0.5) is 4.39 Å². The Balaban J connectivity index is 0.000000271. The average Bonchev–Trinajstić information content (AvgIpc) is 2.52. The standard InChI is InChI=1S/C6H5F.C6H14O.C4H10N2/c7-6-4-2-1-3-5-6;1-3-5-7-6-4-2;1-2-6-4-3-5-1/h1-5H;3-6H2,1-2H3;5-6H,1-4H2. The first-order valence-corrected chi connectivity index (χ1v) is 7.51. The quantitative estimate of drug-likeness (QED) is 0.834. The SMILES string of the molecule is C1CNCCN1.CCCOCCC.Fc1ccccc1. The smallest absolute Gasteiger partial charge is 0.123 e. The summed E-state index contributed by atoms with van der Waals surface area (Å²) >= 11 is 0. The van der Waals surface area contributed by atoms with Crippen molar-refractivity contribution in [2.24, 2.45) is 0 Å². The topological polar surface area (TPSA) is 33.3 Å². The molecule has 0 aromatic heterocycles. The lowest BCUT2D eigenvalue weighted by molar-refractivity contribution is 0.135. The Kier molecular flexibility index (Phi) is 15.3. The fourth-order valence-corrected chi connectivity index (χ4v) is 1.41. The van der Waals surface area contributed by atoms with Gasteiger partial charge in [0, 0.05) is 39.4 Å². The first-order valence-electron chi connectivity index (χ1n) is 7.51. The second-order valence-electron chi connectivity index (χ2n) is 4.41. The molecule has 20 heavy (non-hydrogen) atoms. The Morgan fingerprint density at radius 1 is 0.900 bits per heavy atom. The number of halogens is 1. The molecule has 116 valence electrons. The van der Waals surface area contributed by atoms with Gasteiger partial charge in [0.2, 0.25) is 0 Å². The lowest BCUT2D eigenvalue weighted by atomic mass is 10.4. The molecule has 1 fully saturated rings. The predicted octanol–water partition coefficient (Wildman–Crippen LogP) is 2.83. The molecule has 0 saturated carbocycles. The molecule has 4 heteroatoms. The largest absolute Gasteiger partial charge is 0.381 e. The summed E-state index contributed by atoms with van der Waals surface area (Å²) in [6.45, 7) is 10.6. The molecule has 0 radical (unpaired) electrons. The highest BCUT2D eigenvalue weighted by Gasteiger charge is 1.91. The molecule has 1 aromatic carbocycles. The molecule has 0 aliphatic carbocycles. The van der Waals surface area contributed by atoms with Crippen molar-refractivity contribution < 1.29 is 9.13 Å². The highest BCUT2D eigenvalue weighted by Crippen LogP contribution is 1.91. The van der Waals surface area contributed by atoms with Crippen molar-refractivity contribution in [2.45, 2.75) is 26.7 Å². The van der Waals surface area contributed by atoms with Crippen LogP contribution >= 0.6 is 0 Å². The van der Waals surface area contributed by atoms with Crippen LogP contribution in [0.2, 0.25) is 0 Å². The molecule has 1 aliphatic heterocycles. The molecule has 1 aliphatic rings. The number of nitrogens with one attached hydrogen (secondary N) is 2. The summed E-state index contributed by atoms with van der Waals surface area (Å²) in [5.41, 5.74) is 0. The van der Waals surface area contributed by atoms with E-state index in [1.165, 1.54) is 12.1 Å². The molecule has 1 saturated heterocycles. The van der Waals surface area contributed by atoms with Crippen LogP contribution in [0.15, 0.2) is 30.3 Å². The summed E-state index contributed by atoms with van der Waals surface area (Å²) in [6, 6.07) is 7.94. The Labute approximate surface area is 122 Å². The average molecular weight is 284 g/mol. The number of ether oxygens (including phenoxy) is 1. The van der Waals surface area contributed by atoms with E-state index < -0.39 is 0 Å². The van der Waals surface area contributed by atoms with Gasteiger partial charge in [-0.25, -0.2) is 4.39 Å². The zero-order valence-electron chi connectivity index (χ0n) is 12.8. The van der Waals surface area contributed by atoms with Gasteiger partial charge in [-0.2, -0.15) is 0 Å². The van der Waals surface area contributed by atoms with Crippen molar-refractivity contribution in [3.63, 3.8) is 0 Å². The third-order valence-corrected chi connectivity index (χ3v) is 2.39. The molecule has 0 amide bonds. The first-order chi connectivity index (χ1) is 9.81. The van der Waals surface area contributed by atoms with E-state index in [0.29, 0.717) is 0 Å². The van der Waals surface area contributed by atoms with Gasteiger partial charge < -0.3 is 15.4 Å². The maximum Gasteiger partial charge on any atom is 0.123 e. The monoisotopic (exact) mass is 284 g/mol. The van der Waals surface area contributed by atoms with E-state index in [1.807, 2.05) is 0 Å². The fourth-order valence-electron chi connectivity index (χ4n) is 1.41. The van der Waals surface area contributed by atoms with Crippen molar-refractivity contribution in [2.75, 3.05) is 39.4 Å². The summed E-state index contributed by atoms with van der Waals surface area (Å²) in [5, 5.41) is 6.44. The third kappa shape index (κ3) is 15.1. The number of rotatable bonds is 4. The Bertz CT molecular complexity index is 264. The summed E-state index contributed by atoms with van der Waals surface area (Å²) in [6.07, 6.45) is 2.28. The molecule has 1 aromatic rings. The van der Waals surface area contributed by atoms with Crippen molar-refractivity contribution in [3.8, 4) is 0 Å². The summed E-state index contributed by atoms with van der Waals surface area (Å²) < 4.78 is 17.0. The number of hydrogen-bond donors (Lipinski definition) is 2. The zero-order valence-corrected chi connectivity index (χ0v) is 12.8. The van der Waals surface area contributed by atoms with Gasteiger partial charge in [0.1, 0.15) is 5.82 Å². The van der Waals surface area contributed by atoms with Crippen molar-refractivity contribution in [3.05, 3.63) is 36.1 Å². The van der Waals surface area contributed by atoms with E-state index in [9.17, 15) is 4.39 Å². The molecule has 3 nitrogen and oxygen atoms in total. The first kappa shape index (κ1) is 19.0. The lowest BCUT2D eigenvalue weighted by Crippen LogP contribution is -2.39. The Morgan fingerprint density at radius 2 is 1.35 bits per heavy atom. The number of hydrogen-bond acceptors (Lipinski definition) is 3. The minimum Gasteiger partial charge on any atom is -0.381 e. The minimum absolute atomic E-state index is 0.178. The van der Waals surface area contributed by atoms with E-state index in [-0.39, 0.29) is 5.82 Å². The highest BCUT2D eigenvalue weighted by atomic mass is 19.1. The van der Waals surface area contributed by atoms with Crippen molar-refractivity contribution in [1.82, 2.24) is 10.6 Å². The molecule has 1 heterocycles. The van der Waals surface area contributed by atoms with Crippen LogP contribution in [-0.4, -0.2) is 39.4 Å². The normalized spacial score (nSPS) is 13.6. The van der Waals surface area contributed by atoms with Crippen LogP contribution in [0, 0.1) is 5.82 Å². The molecular weight excluding hydrogens is 255 g/mol. The predicted molar refractivity (Wildman–Crippen MR) is 83.5 cm³/mol. The van der Waals surface area contributed by atoms with Gasteiger partial charge in [-0.3, -0.25) is 0 Å². The van der Waals surface area contributed by atoms with Crippen LogP contribution in [0.5, 0.6) is 0 Å². The summed E-state index contributed by atoms with van der Waals surface area (Å²) in [5.74, 6) is -0.178. The van der Waals surface area contributed by atoms with Crippen LogP contribution < -0.4 is 10.6 Å². The maximum absolute atomic E-state index is 11.9. The molecule has 0 atom stereocenters. The van der Waals surface area contributed by atoms with Crippen LogP contribution in [0.3, 0.4) is 0 Å². The van der Waals surface area contributed by atoms with Crippen LogP contribution in [-0.2, 0) is 4.74 Å². The van der Waals surface area contributed by atoms with Crippen LogP contribution in [0.1, 0.15) is 26.7 Å². The zero-order chi connectivity index (χ0) is 14.9. The lowest BCUT2D eigenvalue weighted by Gasteiger charge is -2.11. The van der Waals surface area contributed by atoms with Crippen molar-refractivity contribution in [1.29, 1.82) is 0 Å².